The lowest BCUT2D eigenvalue weighted by Gasteiger charge is -2.31. The Hall–Kier alpha value is -1.11. The third kappa shape index (κ3) is 6.49. The molecule has 3 N–H and O–H groups in total. The number of nitrogens with one attached hydrogen (secondary N) is 2. The number of hydrogen-bond donors (Lipinski definition) is 3. The molecule has 23 heavy (non-hydrogen) atoms. The number of hydrogen-bond acceptors (Lipinski definition) is 4. The lowest BCUT2D eigenvalue weighted by Crippen LogP contribution is -2.40. The predicted molar refractivity (Wildman–Crippen MR) is 94.8 cm³/mol. The molecule has 6 heteroatoms. The number of carbonyl (C=O) groups excluding carboxylic acids is 1. The fourth-order valence-corrected chi connectivity index (χ4v) is 3.78. The lowest BCUT2D eigenvalue weighted by atomic mass is 9.94. The fraction of sp³-hybridized carbons (Fsp3) is 0.706. The Balaban J connectivity index is 1.52. The van der Waals surface area contributed by atoms with Gasteiger partial charge in [-0.2, -0.15) is 11.3 Å². The van der Waals surface area contributed by atoms with E-state index in [-0.39, 0.29) is 12.6 Å². The van der Waals surface area contributed by atoms with Crippen LogP contribution in [0.1, 0.15) is 50.2 Å². The second-order valence-corrected chi connectivity index (χ2v) is 7.12. The molecule has 0 aromatic carbocycles. The van der Waals surface area contributed by atoms with Gasteiger partial charge in [0.2, 0.25) is 0 Å². The molecule has 1 atom stereocenters. The minimum atomic E-state index is -0.635. The SMILES string of the molecule is CN(CCCNC(=O)NCC(O)c1ccsc1)C1CCCCC1. The second-order valence-electron chi connectivity index (χ2n) is 6.34. The van der Waals surface area contributed by atoms with E-state index >= 15 is 0 Å². The number of aliphatic hydroxyl groups is 1. The number of amides is 2. The van der Waals surface area contributed by atoms with E-state index < -0.39 is 6.10 Å². The summed E-state index contributed by atoms with van der Waals surface area (Å²) in [6.45, 7) is 1.92. The van der Waals surface area contributed by atoms with Gasteiger partial charge in [-0.05, 0) is 55.2 Å². The van der Waals surface area contributed by atoms with Gasteiger partial charge in [-0.15, -0.1) is 0 Å². The molecule has 1 aliphatic rings. The van der Waals surface area contributed by atoms with Gasteiger partial charge < -0.3 is 20.6 Å². The van der Waals surface area contributed by atoms with Crippen molar-refractivity contribution in [2.75, 3.05) is 26.7 Å². The number of urea groups is 1. The molecule has 0 saturated heterocycles. The molecule has 1 unspecified atom stereocenters. The van der Waals surface area contributed by atoms with Crippen LogP contribution in [0, 0.1) is 0 Å². The van der Waals surface area contributed by atoms with Crippen LogP contribution in [0.3, 0.4) is 0 Å². The van der Waals surface area contributed by atoms with E-state index in [2.05, 4.69) is 22.6 Å². The molecule has 0 radical (unpaired) electrons. The third-order valence-electron chi connectivity index (χ3n) is 4.56. The highest BCUT2D eigenvalue weighted by Gasteiger charge is 2.17. The quantitative estimate of drug-likeness (QED) is 0.638. The summed E-state index contributed by atoms with van der Waals surface area (Å²) in [4.78, 5) is 14.1. The average molecular weight is 340 g/mol. The monoisotopic (exact) mass is 339 g/mol. The molecule has 1 aromatic rings. The van der Waals surface area contributed by atoms with Crippen LogP contribution in [-0.4, -0.2) is 48.8 Å². The predicted octanol–water partition coefficient (Wildman–Crippen LogP) is 2.74. The molecule has 1 saturated carbocycles. The van der Waals surface area contributed by atoms with E-state index in [1.54, 1.807) is 11.3 Å². The Morgan fingerprint density at radius 3 is 2.87 bits per heavy atom. The van der Waals surface area contributed by atoms with Crippen molar-refractivity contribution < 1.29 is 9.90 Å². The van der Waals surface area contributed by atoms with Gasteiger partial charge in [0.1, 0.15) is 0 Å². The van der Waals surface area contributed by atoms with Gasteiger partial charge in [-0.3, -0.25) is 0 Å². The number of carbonyl (C=O) groups is 1. The van der Waals surface area contributed by atoms with Crippen molar-refractivity contribution in [3.63, 3.8) is 0 Å². The first-order valence-corrected chi connectivity index (χ1v) is 9.53. The number of aliphatic hydroxyl groups excluding tert-OH is 1. The molecule has 2 rings (SSSR count). The molecular formula is C17H29N3O2S. The van der Waals surface area contributed by atoms with Crippen LogP contribution in [0.25, 0.3) is 0 Å². The van der Waals surface area contributed by atoms with Gasteiger partial charge in [-0.25, -0.2) is 4.79 Å². The highest BCUT2D eigenvalue weighted by atomic mass is 32.1. The van der Waals surface area contributed by atoms with Crippen LogP contribution >= 0.6 is 11.3 Å². The molecule has 1 aromatic heterocycles. The van der Waals surface area contributed by atoms with Crippen LogP contribution in [0.5, 0.6) is 0 Å². The van der Waals surface area contributed by atoms with Crippen molar-refractivity contribution in [2.45, 2.75) is 50.7 Å². The summed E-state index contributed by atoms with van der Waals surface area (Å²) in [6.07, 6.45) is 7.01. The van der Waals surface area contributed by atoms with Crippen molar-refractivity contribution in [3.05, 3.63) is 22.4 Å². The van der Waals surface area contributed by atoms with Gasteiger partial charge in [0.05, 0.1) is 6.10 Å². The van der Waals surface area contributed by atoms with Crippen molar-refractivity contribution in [1.82, 2.24) is 15.5 Å². The zero-order valence-electron chi connectivity index (χ0n) is 14.0. The van der Waals surface area contributed by atoms with Crippen LogP contribution < -0.4 is 10.6 Å². The molecule has 5 nitrogen and oxygen atoms in total. The van der Waals surface area contributed by atoms with Crippen molar-refractivity contribution in [1.29, 1.82) is 0 Å². The summed E-state index contributed by atoms with van der Waals surface area (Å²) < 4.78 is 0. The van der Waals surface area contributed by atoms with Gasteiger partial charge in [0.15, 0.2) is 0 Å². The highest BCUT2D eigenvalue weighted by molar-refractivity contribution is 7.07. The standard InChI is InChI=1S/C17H29N3O2S/c1-20(15-6-3-2-4-7-15)10-5-9-18-17(22)19-12-16(21)14-8-11-23-13-14/h8,11,13,15-16,21H,2-7,9-10,12H2,1H3,(H2,18,19,22). The molecular weight excluding hydrogens is 310 g/mol. The first-order chi connectivity index (χ1) is 11.2. The summed E-state index contributed by atoms with van der Waals surface area (Å²) in [5, 5.41) is 19.3. The second kappa shape index (κ2) is 9.90. The molecule has 1 aliphatic carbocycles. The van der Waals surface area contributed by atoms with Crippen molar-refractivity contribution in [2.24, 2.45) is 0 Å². The molecule has 0 aliphatic heterocycles. The Morgan fingerprint density at radius 1 is 1.39 bits per heavy atom. The minimum absolute atomic E-state index is 0.209. The van der Waals surface area contributed by atoms with E-state index in [9.17, 15) is 9.90 Å². The number of thiophene rings is 1. The summed E-state index contributed by atoms with van der Waals surface area (Å²) in [7, 11) is 2.19. The average Bonchev–Trinajstić information content (AvgIpc) is 3.12. The third-order valence-corrected chi connectivity index (χ3v) is 5.26. The van der Waals surface area contributed by atoms with Crippen molar-refractivity contribution in [3.8, 4) is 0 Å². The van der Waals surface area contributed by atoms with Gasteiger partial charge in [-0.1, -0.05) is 19.3 Å². The van der Waals surface area contributed by atoms with Gasteiger partial charge >= 0.3 is 6.03 Å². The first-order valence-electron chi connectivity index (χ1n) is 8.59. The van der Waals surface area contributed by atoms with Gasteiger partial charge in [0, 0.05) is 19.1 Å². The van der Waals surface area contributed by atoms with E-state index in [1.807, 2.05) is 16.8 Å². The summed E-state index contributed by atoms with van der Waals surface area (Å²) in [5.74, 6) is 0. The molecule has 1 heterocycles. The molecule has 0 spiro atoms. The molecule has 2 amide bonds. The number of rotatable bonds is 8. The topological polar surface area (TPSA) is 64.6 Å². The van der Waals surface area contributed by atoms with E-state index in [0.29, 0.717) is 6.54 Å². The van der Waals surface area contributed by atoms with E-state index in [0.717, 1.165) is 24.6 Å². The minimum Gasteiger partial charge on any atom is -0.387 e. The summed E-state index contributed by atoms with van der Waals surface area (Å²) in [5.41, 5.74) is 0.851. The molecule has 1 fully saturated rings. The van der Waals surface area contributed by atoms with Gasteiger partial charge in [0.25, 0.3) is 0 Å². The highest BCUT2D eigenvalue weighted by Crippen LogP contribution is 2.21. The summed E-state index contributed by atoms with van der Waals surface area (Å²) in [6, 6.07) is 2.38. The smallest absolute Gasteiger partial charge is 0.314 e. The molecule has 130 valence electrons. The van der Waals surface area contributed by atoms with Crippen LogP contribution in [0.4, 0.5) is 4.79 Å². The largest absolute Gasteiger partial charge is 0.387 e. The maximum absolute atomic E-state index is 11.7. The summed E-state index contributed by atoms with van der Waals surface area (Å²) >= 11 is 1.54. The fourth-order valence-electron chi connectivity index (χ4n) is 3.07. The zero-order valence-corrected chi connectivity index (χ0v) is 14.8. The van der Waals surface area contributed by atoms with Crippen molar-refractivity contribution >= 4 is 17.4 Å². The number of nitrogens with zero attached hydrogens (tertiary/aromatic N) is 1. The first kappa shape index (κ1) is 18.2. The van der Waals surface area contributed by atoms with E-state index in [1.165, 1.54) is 32.1 Å². The Bertz CT molecular complexity index is 447. The Labute approximate surface area is 143 Å². The van der Waals surface area contributed by atoms with Crippen LogP contribution in [0.2, 0.25) is 0 Å². The maximum atomic E-state index is 11.7. The zero-order chi connectivity index (χ0) is 16.5. The maximum Gasteiger partial charge on any atom is 0.314 e. The molecule has 0 bridgehead atoms. The Morgan fingerprint density at radius 2 is 2.17 bits per heavy atom. The van der Waals surface area contributed by atoms with Crippen LogP contribution in [-0.2, 0) is 0 Å². The lowest BCUT2D eigenvalue weighted by molar-refractivity contribution is 0.173. The van der Waals surface area contributed by atoms with Crippen LogP contribution in [0.15, 0.2) is 16.8 Å². The van der Waals surface area contributed by atoms with E-state index in [4.69, 9.17) is 0 Å². The Kier molecular flexibility index (Phi) is 7.85. The normalized spacial score (nSPS) is 17.2.